The molecular formula is C22H20FN3O. The lowest BCUT2D eigenvalue weighted by Gasteiger charge is -2.32. The number of amides is 1. The molecule has 1 aliphatic heterocycles. The number of hydrogen-bond donors (Lipinski definition) is 1. The van der Waals surface area contributed by atoms with Gasteiger partial charge in [0.15, 0.2) is 0 Å². The van der Waals surface area contributed by atoms with Crippen LogP contribution in [-0.2, 0) is 4.79 Å². The molecule has 3 heterocycles. The number of nitrogens with one attached hydrogen (secondary N) is 1. The van der Waals surface area contributed by atoms with Crippen LogP contribution in [0, 0.1) is 5.82 Å². The number of pyridine rings is 1. The van der Waals surface area contributed by atoms with E-state index in [1.165, 1.54) is 12.1 Å². The fourth-order valence-corrected chi connectivity index (χ4v) is 3.69. The minimum Gasteiger partial charge on any atom is -0.360 e. The van der Waals surface area contributed by atoms with E-state index in [1.54, 1.807) is 31.5 Å². The number of rotatable bonds is 3. The molecule has 0 radical (unpaired) electrons. The van der Waals surface area contributed by atoms with Gasteiger partial charge in [0.1, 0.15) is 5.82 Å². The molecule has 2 aromatic heterocycles. The van der Waals surface area contributed by atoms with E-state index in [0.717, 1.165) is 34.4 Å². The van der Waals surface area contributed by atoms with Gasteiger partial charge >= 0.3 is 0 Å². The highest BCUT2D eigenvalue weighted by Crippen LogP contribution is 2.41. The van der Waals surface area contributed by atoms with E-state index in [-0.39, 0.29) is 17.8 Å². The van der Waals surface area contributed by atoms with Gasteiger partial charge in [-0.25, -0.2) is 4.39 Å². The topological polar surface area (TPSA) is 49.0 Å². The van der Waals surface area contributed by atoms with Gasteiger partial charge < -0.3 is 9.88 Å². The van der Waals surface area contributed by atoms with Gasteiger partial charge in [-0.3, -0.25) is 9.78 Å². The number of H-pyrrole nitrogens is 1. The van der Waals surface area contributed by atoms with Crippen molar-refractivity contribution in [2.24, 2.45) is 0 Å². The summed E-state index contributed by atoms with van der Waals surface area (Å²) >= 11 is 0. The van der Waals surface area contributed by atoms with Crippen molar-refractivity contribution in [3.05, 3.63) is 78.5 Å². The summed E-state index contributed by atoms with van der Waals surface area (Å²) in [5.41, 5.74) is 4.90. The molecule has 0 saturated heterocycles. The summed E-state index contributed by atoms with van der Waals surface area (Å²) in [7, 11) is 0. The van der Waals surface area contributed by atoms with E-state index in [9.17, 15) is 9.18 Å². The molecule has 0 fully saturated rings. The number of aromatic amines is 1. The van der Waals surface area contributed by atoms with Crippen molar-refractivity contribution in [3.63, 3.8) is 0 Å². The third-order valence-electron chi connectivity index (χ3n) is 4.98. The quantitative estimate of drug-likeness (QED) is 0.686. The standard InChI is InChI=1S/C22H20FN3O/c1-15(27)26-13-3-2-4-20(26)19-14-25-22(17-5-7-18(23)8-6-17)21(19)16-9-11-24-12-10-16/h2-3,5-12,14,20,25H,4,13H2,1H3. The maximum atomic E-state index is 13.4. The summed E-state index contributed by atoms with van der Waals surface area (Å²) in [6.45, 7) is 2.21. The number of halogens is 1. The smallest absolute Gasteiger partial charge is 0.220 e. The van der Waals surface area contributed by atoms with Crippen LogP contribution in [0.4, 0.5) is 4.39 Å². The molecule has 0 bridgehead atoms. The van der Waals surface area contributed by atoms with E-state index in [2.05, 4.69) is 16.0 Å². The molecule has 1 atom stereocenters. The Morgan fingerprint density at radius 1 is 1.11 bits per heavy atom. The highest BCUT2D eigenvalue weighted by atomic mass is 19.1. The Balaban J connectivity index is 1.89. The second kappa shape index (κ2) is 7.19. The highest BCUT2D eigenvalue weighted by Gasteiger charge is 2.28. The molecule has 1 amide bonds. The highest BCUT2D eigenvalue weighted by molar-refractivity contribution is 5.85. The van der Waals surface area contributed by atoms with Crippen molar-refractivity contribution in [2.45, 2.75) is 19.4 Å². The fraction of sp³-hybridized carbons (Fsp3) is 0.182. The molecule has 3 aromatic rings. The number of carbonyl (C=O) groups excluding carboxylic acids is 1. The summed E-state index contributed by atoms with van der Waals surface area (Å²) in [4.78, 5) is 21.5. The third kappa shape index (κ3) is 3.28. The van der Waals surface area contributed by atoms with Crippen molar-refractivity contribution in [1.82, 2.24) is 14.9 Å². The lowest BCUT2D eigenvalue weighted by Crippen LogP contribution is -2.35. The number of aromatic nitrogens is 2. The number of nitrogens with zero attached hydrogens (tertiary/aromatic N) is 2. The zero-order valence-corrected chi connectivity index (χ0v) is 15.0. The first kappa shape index (κ1) is 17.2. The van der Waals surface area contributed by atoms with Crippen molar-refractivity contribution < 1.29 is 9.18 Å². The van der Waals surface area contributed by atoms with Gasteiger partial charge in [0.25, 0.3) is 0 Å². The van der Waals surface area contributed by atoms with Gasteiger partial charge in [-0.05, 0) is 53.9 Å². The minimum absolute atomic E-state index is 0.0406. The molecule has 0 spiro atoms. The molecule has 27 heavy (non-hydrogen) atoms. The predicted octanol–water partition coefficient (Wildman–Crippen LogP) is 4.73. The first-order chi connectivity index (χ1) is 13.1. The van der Waals surface area contributed by atoms with Gasteiger partial charge in [-0.2, -0.15) is 0 Å². The van der Waals surface area contributed by atoms with Crippen LogP contribution in [0.25, 0.3) is 22.4 Å². The molecule has 1 aromatic carbocycles. The molecule has 0 aliphatic carbocycles. The number of benzene rings is 1. The summed E-state index contributed by atoms with van der Waals surface area (Å²) in [6, 6.07) is 10.3. The largest absolute Gasteiger partial charge is 0.360 e. The zero-order valence-electron chi connectivity index (χ0n) is 15.0. The Morgan fingerprint density at radius 3 is 2.56 bits per heavy atom. The van der Waals surface area contributed by atoms with Crippen molar-refractivity contribution >= 4 is 5.91 Å². The summed E-state index contributed by atoms with van der Waals surface area (Å²) in [5.74, 6) is -0.217. The molecule has 1 aliphatic rings. The summed E-state index contributed by atoms with van der Waals surface area (Å²) in [5, 5.41) is 0. The SMILES string of the molecule is CC(=O)N1CC=CCC1c1c[nH]c(-c2ccc(F)cc2)c1-c1ccncc1. The van der Waals surface area contributed by atoms with Gasteiger partial charge in [0.05, 0.1) is 11.7 Å². The Labute approximate surface area is 157 Å². The van der Waals surface area contributed by atoms with Gasteiger partial charge in [-0.1, -0.05) is 12.2 Å². The number of carbonyl (C=O) groups is 1. The zero-order chi connectivity index (χ0) is 18.8. The lowest BCUT2D eigenvalue weighted by molar-refractivity contribution is -0.130. The molecule has 0 saturated carbocycles. The second-order valence-corrected chi connectivity index (χ2v) is 6.63. The normalized spacial score (nSPS) is 16.5. The first-order valence-electron chi connectivity index (χ1n) is 8.95. The lowest BCUT2D eigenvalue weighted by atomic mass is 9.92. The van der Waals surface area contributed by atoms with Crippen molar-refractivity contribution in [3.8, 4) is 22.4 Å². The van der Waals surface area contributed by atoms with Crippen LogP contribution in [-0.4, -0.2) is 27.3 Å². The summed E-state index contributed by atoms with van der Waals surface area (Å²) < 4.78 is 13.4. The summed E-state index contributed by atoms with van der Waals surface area (Å²) in [6.07, 6.45) is 10.4. The van der Waals surface area contributed by atoms with E-state index in [0.29, 0.717) is 6.54 Å². The molecule has 1 unspecified atom stereocenters. The van der Waals surface area contributed by atoms with Crippen LogP contribution in [0.2, 0.25) is 0 Å². The minimum atomic E-state index is -0.267. The molecule has 1 N–H and O–H groups in total. The maximum Gasteiger partial charge on any atom is 0.220 e. The fourth-order valence-electron chi connectivity index (χ4n) is 3.69. The van der Waals surface area contributed by atoms with Gasteiger partial charge in [0, 0.05) is 43.2 Å². The molecule has 5 heteroatoms. The van der Waals surface area contributed by atoms with E-state index in [1.807, 2.05) is 29.3 Å². The van der Waals surface area contributed by atoms with Crippen LogP contribution < -0.4 is 0 Å². The Morgan fingerprint density at radius 2 is 1.85 bits per heavy atom. The maximum absolute atomic E-state index is 13.4. The van der Waals surface area contributed by atoms with Crippen LogP contribution in [0.5, 0.6) is 0 Å². The van der Waals surface area contributed by atoms with Crippen LogP contribution in [0.15, 0.2) is 67.1 Å². The number of hydrogen-bond acceptors (Lipinski definition) is 2. The van der Waals surface area contributed by atoms with Gasteiger partial charge in [-0.15, -0.1) is 0 Å². The third-order valence-corrected chi connectivity index (χ3v) is 4.98. The van der Waals surface area contributed by atoms with E-state index < -0.39 is 0 Å². The van der Waals surface area contributed by atoms with Crippen molar-refractivity contribution in [2.75, 3.05) is 6.54 Å². The van der Waals surface area contributed by atoms with Crippen molar-refractivity contribution in [1.29, 1.82) is 0 Å². The molecule has 4 nitrogen and oxygen atoms in total. The van der Waals surface area contributed by atoms with Crippen LogP contribution >= 0.6 is 0 Å². The average Bonchev–Trinajstić information content (AvgIpc) is 3.14. The second-order valence-electron chi connectivity index (χ2n) is 6.63. The predicted molar refractivity (Wildman–Crippen MR) is 103 cm³/mol. The average molecular weight is 361 g/mol. The molecular weight excluding hydrogens is 341 g/mol. The Hall–Kier alpha value is -3.21. The monoisotopic (exact) mass is 361 g/mol. The Bertz CT molecular complexity index is 977. The molecule has 136 valence electrons. The first-order valence-corrected chi connectivity index (χ1v) is 8.95. The van der Waals surface area contributed by atoms with E-state index in [4.69, 9.17) is 0 Å². The molecule has 4 rings (SSSR count). The van der Waals surface area contributed by atoms with Crippen LogP contribution in [0.1, 0.15) is 24.9 Å². The Kier molecular flexibility index (Phi) is 4.59. The van der Waals surface area contributed by atoms with Gasteiger partial charge in [0.2, 0.25) is 5.91 Å². The van der Waals surface area contributed by atoms with E-state index >= 15 is 0 Å². The van der Waals surface area contributed by atoms with Crippen LogP contribution in [0.3, 0.4) is 0 Å².